The SMILES string of the molecule is Fc1ccccc1-c1cncc(-c2ccccc2F)c1CCl. The minimum atomic E-state index is -0.360. The van der Waals surface area contributed by atoms with Crippen molar-refractivity contribution in [3.05, 3.63) is 78.1 Å². The van der Waals surface area contributed by atoms with Crippen molar-refractivity contribution < 1.29 is 8.78 Å². The van der Waals surface area contributed by atoms with E-state index >= 15 is 0 Å². The van der Waals surface area contributed by atoms with E-state index in [1.165, 1.54) is 12.1 Å². The molecule has 0 spiro atoms. The molecule has 0 N–H and O–H groups in total. The minimum absolute atomic E-state index is 0.135. The lowest BCUT2D eigenvalue weighted by molar-refractivity contribution is 0.630. The van der Waals surface area contributed by atoms with Gasteiger partial charge in [0.1, 0.15) is 11.6 Å². The Bertz CT molecular complexity index is 754. The smallest absolute Gasteiger partial charge is 0.131 e. The van der Waals surface area contributed by atoms with Crippen LogP contribution < -0.4 is 0 Å². The van der Waals surface area contributed by atoms with Gasteiger partial charge in [0.2, 0.25) is 0 Å². The lowest BCUT2D eigenvalue weighted by Crippen LogP contribution is -1.96. The highest BCUT2D eigenvalue weighted by molar-refractivity contribution is 6.18. The van der Waals surface area contributed by atoms with Crippen molar-refractivity contribution in [2.75, 3.05) is 0 Å². The van der Waals surface area contributed by atoms with Crippen LogP contribution in [-0.4, -0.2) is 4.98 Å². The van der Waals surface area contributed by atoms with E-state index in [0.29, 0.717) is 27.8 Å². The van der Waals surface area contributed by atoms with Crippen LogP contribution in [0.3, 0.4) is 0 Å². The number of hydrogen-bond donors (Lipinski definition) is 0. The molecule has 1 aromatic heterocycles. The Kier molecular flexibility index (Phi) is 4.16. The highest BCUT2D eigenvalue weighted by atomic mass is 35.5. The van der Waals surface area contributed by atoms with E-state index in [2.05, 4.69) is 4.98 Å². The predicted molar refractivity (Wildman–Crippen MR) is 84.6 cm³/mol. The predicted octanol–water partition coefficient (Wildman–Crippen LogP) is 5.43. The Morgan fingerprint density at radius 1 is 0.727 bits per heavy atom. The largest absolute Gasteiger partial charge is 0.263 e. The van der Waals surface area contributed by atoms with Crippen LogP contribution in [0.15, 0.2) is 60.9 Å². The van der Waals surface area contributed by atoms with Crippen LogP contribution in [0, 0.1) is 11.6 Å². The monoisotopic (exact) mass is 315 g/mol. The van der Waals surface area contributed by atoms with Crippen LogP contribution in [-0.2, 0) is 5.88 Å². The van der Waals surface area contributed by atoms with Gasteiger partial charge < -0.3 is 0 Å². The van der Waals surface area contributed by atoms with E-state index in [1.54, 1.807) is 48.8 Å². The topological polar surface area (TPSA) is 12.9 Å². The molecule has 0 saturated carbocycles. The summed E-state index contributed by atoms with van der Waals surface area (Å²) >= 11 is 6.07. The molecule has 110 valence electrons. The highest BCUT2D eigenvalue weighted by Gasteiger charge is 2.16. The van der Waals surface area contributed by atoms with Gasteiger partial charge in [-0.05, 0) is 17.7 Å². The third-order valence-electron chi connectivity index (χ3n) is 3.52. The molecule has 0 aliphatic heterocycles. The molecule has 0 saturated heterocycles. The Morgan fingerprint density at radius 2 is 1.18 bits per heavy atom. The lowest BCUT2D eigenvalue weighted by atomic mass is 9.95. The van der Waals surface area contributed by atoms with Gasteiger partial charge in [-0.25, -0.2) is 8.78 Å². The summed E-state index contributed by atoms with van der Waals surface area (Å²) in [4.78, 5) is 4.14. The second kappa shape index (κ2) is 6.24. The number of aromatic nitrogens is 1. The molecule has 22 heavy (non-hydrogen) atoms. The Balaban J connectivity index is 2.25. The van der Waals surface area contributed by atoms with Crippen molar-refractivity contribution in [2.24, 2.45) is 0 Å². The van der Waals surface area contributed by atoms with E-state index in [1.807, 2.05) is 0 Å². The first-order valence-electron chi connectivity index (χ1n) is 6.75. The van der Waals surface area contributed by atoms with E-state index in [0.717, 1.165) is 0 Å². The fraction of sp³-hybridized carbons (Fsp3) is 0.0556. The quantitative estimate of drug-likeness (QED) is 0.587. The molecule has 0 bridgehead atoms. The summed E-state index contributed by atoms with van der Waals surface area (Å²) in [7, 11) is 0. The summed E-state index contributed by atoms with van der Waals surface area (Å²) in [5.74, 6) is -0.585. The van der Waals surface area contributed by atoms with E-state index in [4.69, 9.17) is 11.6 Å². The van der Waals surface area contributed by atoms with Crippen molar-refractivity contribution in [3.8, 4) is 22.3 Å². The van der Waals surface area contributed by atoms with Gasteiger partial charge in [0.15, 0.2) is 0 Å². The van der Waals surface area contributed by atoms with Crippen LogP contribution in [0.1, 0.15) is 5.56 Å². The van der Waals surface area contributed by atoms with Gasteiger partial charge in [-0.3, -0.25) is 4.98 Å². The fourth-order valence-electron chi connectivity index (χ4n) is 2.45. The average Bonchev–Trinajstić information content (AvgIpc) is 2.55. The van der Waals surface area contributed by atoms with E-state index < -0.39 is 0 Å². The molecular formula is C18H12ClF2N. The van der Waals surface area contributed by atoms with Gasteiger partial charge in [0, 0.05) is 40.5 Å². The van der Waals surface area contributed by atoms with Crippen LogP contribution in [0.25, 0.3) is 22.3 Å². The van der Waals surface area contributed by atoms with Crippen molar-refractivity contribution in [3.63, 3.8) is 0 Å². The fourth-order valence-corrected chi connectivity index (χ4v) is 2.74. The maximum atomic E-state index is 14.1. The first kappa shape index (κ1) is 14.7. The summed E-state index contributed by atoms with van der Waals surface area (Å²) in [6.07, 6.45) is 3.11. The van der Waals surface area contributed by atoms with Crippen LogP contribution >= 0.6 is 11.6 Å². The van der Waals surface area contributed by atoms with Gasteiger partial charge in [-0.2, -0.15) is 0 Å². The Morgan fingerprint density at radius 3 is 1.59 bits per heavy atom. The first-order chi connectivity index (χ1) is 10.7. The summed E-state index contributed by atoms with van der Waals surface area (Å²) in [6.45, 7) is 0. The van der Waals surface area contributed by atoms with Gasteiger partial charge in [-0.1, -0.05) is 36.4 Å². The number of benzene rings is 2. The molecule has 0 aliphatic rings. The second-order valence-corrected chi connectivity index (χ2v) is 5.07. The molecule has 2 aromatic carbocycles. The molecule has 3 rings (SSSR count). The molecule has 0 fully saturated rings. The van der Waals surface area contributed by atoms with Crippen molar-refractivity contribution >= 4 is 11.6 Å². The number of halogens is 3. The summed E-state index contributed by atoms with van der Waals surface area (Å²) in [6, 6.07) is 12.8. The summed E-state index contributed by atoms with van der Waals surface area (Å²) < 4.78 is 28.1. The molecule has 3 aromatic rings. The second-order valence-electron chi connectivity index (χ2n) is 4.81. The zero-order valence-corrected chi connectivity index (χ0v) is 12.3. The molecule has 1 nitrogen and oxygen atoms in total. The molecule has 1 heterocycles. The van der Waals surface area contributed by atoms with E-state index in [-0.39, 0.29) is 17.5 Å². The zero-order valence-electron chi connectivity index (χ0n) is 11.6. The first-order valence-corrected chi connectivity index (χ1v) is 7.28. The van der Waals surface area contributed by atoms with E-state index in [9.17, 15) is 8.78 Å². The zero-order chi connectivity index (χ0) is 15.5. The average molecular weight is 316 g/mol. The molecule has 0 aliphatic carbocycles. The number of hydrogen-bond acceptors (Lipinski definition) is 1. The number of pyridine rings is 1. The molecular weight excluding hydrogens is 304 g/mol. The van der Waals surface area contributed by atoms with Gasteiger partial charge >= 0.3 is 0 Å². The van der Waals surface area contributed by atoms with Crippen molar-refractivity contribution in [2.45, 2.75) is 5.88 Å². The molecule has 4 heteroatoms. The minimum Gasteiger partial charge on any atom is -0.263 e. The lowest BCUT2D eigenvalue weighted by Gasteiger charge is -2.13. The Hall–Kier alpha value is -2.26. The molecule has 0 amide bonds. The standard InChI is InChI=1S/C18H12ClF2N/c19-9-14-15(12-5-1-3-7-17(12)20)10-22-11-16(14)13-6-2-4-8-18(13)21/h1-8,10-11H,9H2. The van der Waals surface area contributed by atoms with Crippen LogP contribution in [0.5, 0.6) is 0 Å². The molecule has 0 radical (unpaired) electrons. The van der Waals surface area contributed by atoms with Crippen molar-refractivity contribution in [1.29, 1.82) is 0 Å². The third-order valence-corrected chi connectivity index (χ3v) is 3.79. The summed E-state index contributed by atoms with van der Waals surface area (Å²) in [5.41, 5.74) is 2.63. The summed E-state index contributed by atoms with van der Waals surface area (Å²) in [5, 5.41) is 0. The van der Waals surface area contributed by atoms with Gasteiger partial charge in [-0.15, -0.1) is 11.6 Å². The van der Waals surface area contributed by atoms with Crippen LogP contribution in [0.2, 0.25) is 0 Å². The maximum Gasteiger partial charge on any atom is 0.131 e. The highest BCUT2D eigenvalue weighted by Crippen LogP contribution is 2.34. The molecule has 0 unspecified atom stereocenters. The van der Waals surface area contributed by atoms with Crippen LogP contribution in [0.4, 0.5) is 8.78 Å². The number of alkyl halides is 1. The number of rotatable bonds is 3. The van der Waals surface area contributed by atoms with Gasteiger partial charge in [0.05, 0.1) is 0 Å². The molecule has 0 atom stereocenters. The maximum absolute atomic E-state index is 14.1. The third kappa shape index (κ3) is 2.60. The normalized spacial score (nSPS) is 10.7. The number of nitrogens with zero attached hydrogens (tertiary/aromatic N) is 1. The Labute approximate surface area is 132 Å². The van der Waals surface area contributed by atoms with Crippen molar-refractivity contribution in [1.82, 2.24) is 4.98 Å². The van der Waals surface area contributed by atoms with Gasteiger partial charge in [0.25, 0.3) is 0 Å².